The van der Waals surface area contributed by atoms with Gasteiger partial charge in [0.05, 0.1) is 7.11 Å². The number of pyridine rings is 1. The number of rotatable bonds is 6. The standard InChI is InChI=1S/C13H18O2.C7H8N2O3.C6H5F/c1-4-13(14)15-11(3)9-12-7-5-10(2)6-8-12;1-12-4-2-3-9-5(6(4)10)7(8)11;7-6-4-2-1-3-5-6/h5-8,11H,4,9H2,1-3H3;2-3,10H,1H3,(H2,8,11);1-5H. The molecule has 1 aromatic heterocycles. The van der Waals surface area contributed by atoms with E-state index in [1.54, 1.807) is 25.1 Å². The zero-order chi connectivity index (χ0) is 25.5. The van der Waals surface area contributed by atoms with Crippen molar-refractivity contribution in [2.24, 2.45) is 5.73 Å². The number of aromatic nitrogens is 1. The average molecular weight is 471 g/mol. The molecule has 0 saturated carbocycles. The summed E-state index contributed by atoms with van der Waals surface area (Å²) in [6.07, 6.45) is 2.52. The molecule has 0 radical (unpaired) electrons. The van der Waals surface area contributed by atoms with Gasteiger partial charge in [0.25, 0.3) is 5.91 Å². The second-order valence-corrected chi connectivity index (χ2v) is 7.21. The molecule has 2 aromatic carbocycles. The first-order chi connectivity index (χ1) is 16.2. The number of halogens is 1. The summed E-state index contributed by atoms with van der Waals surface area (Å²) in [5.74, 6) is -1.24. The van der Waals surface area contributed by atoms with E-state index in [0.717, 1.165) is 6.42 Å². The summed E-state index contributed by atoms with van der Waals surface area (Å²) in [7, 11) is 1.37. The fourth-order valence-electron chi connectivity index (χ4n) is 2.60. The second-order valence-electron chi connectivity index (χ2n) is 7.21. The zero-order valence-corrected chi connectivity index (χ0v) is 19.8. The third-order valence-electron chi connectivity index (χ3n) is 4.34. The molecule has 1 amide bonds. The Balaban J connectivity index is 0.000000271. The molecule has 0 fully saturated rings. The van der Waals surface area contributed by atoms with Crippen LogP contribution in [0.5, 0.6) is 11.5 Å². The van der Waals surface area contributed by atoms with Crippen LogP contribution in [0.1, 0.15) is 41.9 Å². The number of benzene rings is 2. The third kappa shape index (κ3) is 10.6. The Morgan fingerprint density at radius 2 is 1.71 bits per heavy atom. The molecule has 0 aliphatic heterocycles. The lowest BCUT2D eigenvalue weighted by atomic mass is 10.1. The minimum Gasteiger partial charge on any atom is -0.503 e. The van der Waals surface area contributed by atoms with Crippen LogP contribution in [0, 0.1) is 12.7 Å². The van der Waals surface area contributed by atoms with Gasteiger partial charge in [0.1, 0.15) is 11.9 Å². The van der Waals surface area contributed by atoms with Gasteiger partial charge in [-0.3, -0.25) is 9.59 Å². The summed E-state index contributed by atoms with van der Waals surface area (Å²) in [5, 5.41) is 9.27. The van der Waals surface area contributed by atoms with E-state index < -0.39 is 5.91 Å². The Morgan fingerprint density at radius 3 is 2.18 bits per heavy atom. The van der Waals surface area contributed by atoms with Crippen molar-refractivity contribution >= 4 is 11.9 Å². The van der Waals surface area contributed by atoms with Crippen molar-refractivity contribution in [1.29, 1.82) is 0 Å². The van der Waals surface area contributed by atoms with E-state index in [-0.39, 0.29) is 35.1 Å². The number of methoxy groups -OCH3 is 1. The highest BCUT2D eigenvalue weighted by atomic mass is 19.1. The second kappa shape index (κ2) is 15.0. The van der Waals surface area contributed by atoms with Gasteiger partial charge in [-0.25, -0.2) is 9.37 Å². The zero-order valence-electron chi connectivity index (χ0n) is 19.8. The van der Waals surface area contributed by atoms with Crippen LogP contribution >= 0.6 is 0 Å². The molecule has 182 valence electrons. The maximum Gasteiger partial charge on any atom is 0.305 e. The van der Waals surface area contributed by atoms with E-state index >= 15 is 0 Å². The molecule has 7 nitrogen and oxygen atoms in total. The molecule has 34 heavy (non-hydrogen) atoms. The van der Waals surface area contributed by atoms with Crippen LogP contribution in [0.4, 0.5) is 4.39 Å². The number of hydrogen-bond acceptors (Lipinski definition) is 6. The highest BCUT2D eigenvalue weighted by Crippen LogP contribution is 2.26. The molecule has 8 heteroatoms. The molecule has 1 unspecified atom stereocenters. The topological polar surface area (TPSA) is 112 Å². The SMILES string of the molecule is CCC(=O)OC(C)Cc1ccc(C)cc1.COc1ccnc(C(N)=O)c1O.Fc1ccccc1. The van der Waals surface area contributed by atoms with E-state index in [1.165, 1.54) is 42.6 Å². The van der Waals surface area contributed by atoms with Gasteiger partial charge >= 0.3 is 5.97 Å². The van der Waals surface area contributed by atoms with Crippen molar-refractivity contribution < 1.29 is 28.6 Å². The number of primary amides is 1. The first-order valence-corrected chi connectivity index (χ1v) is 10.6. The molecule has 0 saturated heterocycles. The number of amides is 1. The fraction of sp³-hybridized carbons (Fsp3) is 0.269. The average Bonchev–Trinajstić information content (AvgIpc) is 2.81. The summed E-state index contributed by atoms with van der Waals surface area (Å²) >= 11 is 0. The molecule has 1 heterocycles. The lowest BCUT2D eigenvalue weighted by Gasteiger charge is -2.12. The van der Waals surface area contributed by atoms with Crippen molar-refractivity contribution in [3.8, 4) is 11.5 Å². The molecule has 0 spiro atoms. The van der Waals surface area contributed by atoms with Gasteiger partial charge < -0.3 is 20.3 Å². The largest absolute Gasteiger partial charge is 0.503 e. The van der Waals surface area contributed by atoms with E-state index in [2.05, 4.69) is 36.2 Å². The van der Waals surface area contributed by atoms with Gasteiger partial charge in [-0.1, -0.05) is 55.0 Å². The van der Waals surface area contributed by atoms with Crippen LogP contribution in [0.25, 0.3) is 0 Å². The van der Waals surface area contributed by atoms with Crippen LogP contribution in [0.3, 0.4) is 0 Å². The summed E-state index contributed by atoms with van der Waals surface area (Å²) < 4.78 is 21.8. The number of aromatic hydroxyl groups is 1. The molecular formula is C26H31FN2O5. The lowest BCUT2D eigenvalue weighted by molar-refractivity contribution is -0.147. The monoisotopic (exact) mass is 470 g/mol. The number of carbonyl (C=O) groups is 2. The fourth-order valence-corrected chi connectivity index (χ4v) is 2.60. The Morgan fingerprint density at radius 1 is 1.09 bits per heavy atom. The Labute approximate surface area is 199 Å². The molecule has 3 rings (SSSR count). The smallest absolute Gasteiger partial charge is 0.305 e. The highest BCUT2D eigenvalue weighted by molar-refractivity contribution is 5.94. The summed E-state index contributed by atoms with van der Waals surface area (Å²) in [6.45, 7) is 5.79. The van der Waals surface area contributed by atoms with Gasteiger partial charge in [0.2, 0.25) is 0 Å². The number of ether oxygens (including phenoxy) is 2. The van der Waals surface area contributed by atoms with Crippen molar-refractivity contribution in [2.45, 2.75) is 39.7 Å². The number of nitrogens with zero attached hydrogens (tertiary/aromatic N) is 1. The molecule has 0 aliphatic rings. The molecule has 0 aliphatic carbocycles. The number of esters is 1. The lowest BCUT2D eigenvalue weighted by Crippen LogP contribution is -2.16. The van der Waals surface area contributed by atoms with Gasteiger partial charge in [-0.05, 0) is 31.5 Å². The number of carbonyl (C=O) groups excluding carboxylic acids is 2. The molecular weight excluding hydrogens is 439 g/mol. The van der Waals surface area contributed by atoms with Crippen LogP contribution in [0.15, 0.2) is 66.9 Å². The number of nitrogens with two attached hydrogens (primary N) is 1. The van der Waals surface area contributed by atoms with Crippen molar-refractivity contribution in [3.63, 3.8) is 0 Å². The van der Waals surface area contributed by atoms with Gasteiger partial charge in [-0.15, -0.1) is 0 Å². The van der Waals surface area contributed by atoms with E-state index in [0.29, 0.717) is 6.42 Å². The van der Waals surface area contributed by atoms with Gasteiger partial charge in [-0.2, -0.15) is 0 Å². The summed E-state index contributed by atoms with van der Waals surface area (Å²) in [4.78, 5) is 25.3. The Bertz CT molecular complexity index is 1030. The molecule has 0 bridgehead atoms. The van der Waals surface area contributed by atoms with Gasteiger partial charge in [0, 0.05) is 25.1 Å². The van der Waals surface area contributed by atoms with Crippen LogP contribution in [0.2, 0.25) is 0 Å². The number of aryl methyl sites for hydroxylation is 1. The van der Waals surface area contributed by atoms with Gasteiger partial charge in [0.15, 0.2) is 17.2 Å². The summed E-state index contributed by atoms with van der Waals surface area (Å²) in [6, 6.07) is 17.7. The maximum atomic E-state index is 11.9. The quantitative estimate of drug-likeness (QED) is 0.509. The predicted octanol–water partition coefficient (Wildman–Crippen LogP) is 4.60. The number of hydrogen-bond donors (Lipinski definition) is 2. The minimum absolute atomic E-state index is 0.0415. The normalized spacial score (nSPS) is 10.5. The highest BCUT2D eigenvalue weighted by Gasteiger charge is 2.12. The van der Waals surface area contributed by atoms with Crippen LogP contribution in [-0.4, -0.2) is 35.2 Å². The van der Waals surface area contributed by atoms with Crippen molar-refractivity contribution in [1.82, 2.24) is 4.98 Å². The molecule has 1 atom stereocenters. The molecule has 3 N–H and O–H groups in total. The first-order valence-electron chi connectivity index (χ1n) is 10.6. The van der Waals surface area contributed by atoms with E-state index in [1.807, 2.05) is 6.92 Å². The summed E-state index contributed by atoms with van der Waals surface area (Å²) in [5.41, 5.74) is 7.19. The van der Waals surface area contributed by atoms with Crippen LogP contribution < -0.4 is 10.5 Å². The van der Waals surface area contributed by atoms with Crippen molar-refractivity contribution in [2.75, 3.05) is 7.11 Å². The van der Waals surface area contributed by atoms with E-state index in [9.17, 15) is 19.1 Å². The van der Waals surface area contributed by atoms with E-state index in [4.69, 9.17) is 15.2 Å². The maximum absolute atomic E-state index is 11.9. The predicted molar refractivity (Wildman–Crippen MR) is 128 cm³/mol. The Hall–Kier alpha value is -3.94. The van der Waals surface area contributed by atoms with Crippen LogP contribution in [-0.2, 0) is 16.0 Å². The van der Waals surface area contributed by atoms with Crippen molar-refractivity contribution in [3.05, 3.63) is 89.5 Å². The Kier molecular flexibility index (Phi) is 12.4. The third-order valence-corrected chi connectivity index (χ3v) is 4.34. The first kappa shape index (κ1) is 28.1. The minimum atomic E-state index is -0.786. The molecule has 3 aromatic rings.